The fourth-order valence-corrected chi connectivity index (χ4v) is 5.56. The van der Waals surface area contributed by atoms with E-state index in [0.29, 0.717) is 16.6 Å². The molecule has 0 fully saturated rings. The number of rotatable bonds is 9. The molecule has 1 aromatic heterocycles. The first kappa shape index (κ1) is 25.4. The molecule has 4 aromatic rings. The molecule has 0 saturated heterocycles. The predicted molar refractivity (Wildman–Crippen MR) is 146 cm³/mol. The van der Waals surface area contributed by atoms with Gasteiger partial charge < -0.3 is 5.32 Å². The number of hydrogen-bond acceptors (Lipinski definition) is 5. The van der Waals surface area contributed by atoms with Crippen molar-refractivity contribution in [3.8, 4) is 5.69 Å². The van der Waals surface area contributed by atoms with Crippen LogP contribution < -0.4 is 5.32 Å². The Kier molecular flexibility index (Phi) is 8.55. The zero-order valence-corrected chi connectivity index (χ0v) is 22.3. The largest absolute Gasteiger partial charge is 0.346 e. The number of halogens is 1. The van der Waals surface area contributed by atoms with Crippen molar-refractivity contribution in [3.05, 3.63) is 100 Å². The minimum absolute atomic E-state index is 0.0576. The Labute approximate surface area is 219 Å². The van der Waals surface area contributed by atoms with Gasteiger partial charge in [-0.3, -0.25) is 9.36 Å². The second kappa shape index (κ2) is 11.8. The van der Waals surface area contributed by atoms with Gasteiger partial charge in [0.2, 0.25) is 5.91 Å². The first-order valence-electron chi connectivity index (χ1n) is 11.3. The quantitative estimate of drug-likeness (QED) is 0.245. The smallest absolute Gasteiger partial charge is 0.230 e. The van der Waals surface area contributed by atoms with E-state index in [0.717, 1.165) is 27.1 Å². The third-order valence-electron chi connectivity index (χ3n) is 5.57. The van der Waals surface area contributed by atoms with Crippen LogP contribution in [0.3, 0.4) is 0 Å². The van der Waals surface area contributed by atoms with Crippen LogP contribution in [0, 0.1) is 13.8 Å². The number of nitrogens with one attached hydrogen (secondary N) is 1. The molecule has 0 radical (unpaired) electrons. The molecule has 0 aliphatic rings. The molecule has 3 aromatic carbocycles. The first-order valence-corrected chi connectivity index (χ1v) is 13.6. The lowest BCUT2D eigenvalue weighted by Gasteiger charge is -2.18. The van der Waals surface area contributed by atoms with E-state index >= 15 is 0 Å². The van der Waals surface area contributed by atoms with Crippen LogP contribution in [0.25, 0.3) is 5.69 Å². The van der Waals surface area contributed by atoms with Crippen molar-refractivity contribution in [1.82, 2.24) is 20.1 Å². The highest BCUT2D eigenvalue weighted by atomic mass is 35.5. The second-order valence-electron chi connectivity index (χ2n) is 8.21. The van der Waals surface area contributed by atoms with Gasteiger partial charge in [-0.05, 0) is 61.7 Å². The van der Waals surface area contributed by atoms with E-state index in [4.69, 9.17) is 11.6 Å². The van der Waals surface area contributed by atoms with E-state index in [9.17, 15) is 4.79 Å². The molecule has 5 nitrogen and oxygen atoms in total. The summed E-state index contributed by atoms with van der Waals surface area (Å²) in [7, 11) is 0. The number of aryl methyl sites for hydroxylation is 2. The van der Waals surface area contributed by atoms with Gasteiger partial charge in [0.25, 0.3) is 0 Å². The van der Waals surface area contributed by atoms with Crippen molar-refractivity contribution >= 4 is 41.0 Å². The molecular weight excluding hydrogens is 496 g/mol. The third kappa shape index (κ3) is 6.48. The Hall–Kier alpha value is -2.74. The number of aromatic nitrogens is 3. The van der Waals surface area contributed by atoms with Crippen LogP contribution in [0.5, 0.6) is 0 Å². The van der Waals surface area contributed by atoms with Gasteiger partial charge in [-0.15, -0.1) is 22.0 Å². The van der Waals surface area contributed by atoms with Crippen molar-refractivity contribution in [1.29, 1.82) is 0 Å². The average molecular weight is 523 g/mol. The molecule has 1 unspecified atom stereocenters. The summed E-state index contributed by atoms with van der Waals surface area (Å²) in [6.07, 6.45) is 0. The lowest BCUT2D eigenvalue weighted by atomic mass is 10.1. The molecule has 0 spiro atoms. The zero-order valence-electron chi connectivity index (χ0n) is 19.9. The molecule has 1 atom stereocenters. The number of benzene rings is 3. The molecular formula is C27H27ClN4OS2. The number of hydrogen-bond donors (Lipinski definition) is 1. The molecule has 180 valence electrons. The molecule has 0 saturated carbocycles. The Morgan fingerprint density at radius 2 is 1.71 bits per heavy atom. The minimum atomic E-state index is -0.336. The molecule has 1 N–H and O–H groups in total. The highest BCUT2D eigenvalue weighted by Gasteiger charge is 2.22. The van der Waals surface area contributed by atoms with Crippen LogP contribution in [0.1, 0.15) is 35.5 Å². The summed E-state index contributed by atoms with van der Waals surface area (Å²) in [5, 5.41) is 13.5. The van der Waals surface area contributed by atoms with Crippen molar-refractivity contribution < 1.29 is 4.79 Å². The van der Waals surface area contributed by atoms with Crippen LogP contribution >= 0.6 is 35.1 Å². The number of nitrogens with zero attached hydrogens (tertiary/aromatic N) is 3. The molecule has 35 heavy (non-hydrogen) atoms. The lowest BCUT2D eigenvalue weighted by Crippen LogP contribution is -2.30. The van der Waals surface area contributed by atoms with E-state index in [1.807, 2.05) is 79.1 Å². The van der Waals surface area contributed by atoms with Crippen LogP contribution in [-0.4, -0.2) is 26.4 Å². The summed E-state index contributed by atoms with van der Waals surface area (Å²) in [6.45, 7) is 6.07. The fraction of sp³-hybridized carbons (Fsp3) is 0.222. The summed E-state index contributed by atoms with van der Waals surface area (Å²) in [5.74, 6) is 1.70. The Balaban J connectivity index is 1.57. The Morgan fingerprint density at radius 3 is 2.49 bits per heavy atom. The van der Waals surface area contributed by atoms with Gasteiger partial charge in [-0.2, -0.15) is 0 Å². The monoisotopic (exact) mass is 522 g/mol. The zero-order chi connectivity index (χ0) is 24.8. The number of amides is 1. The van der Waals surface area contributed by atoms with Crippen molar-refractivity contribution in [2.45, 2.75) is 42.6 Å². The summed E-state index contributed by atoms with van der Waals surface area (Å²) in [5.41, 5.74) is 4.44. The Bertz CT molecular complexity index is 1310. The van der Waals surface area contributed by atoms with Crippen molar-refractivity contribution in [3.63, 3.8) is 0 Å². The predicted octanol–water partition coefficient (Wildman–Crippen LogP) is 6.80. The second-order valence-corrected chi connectivity index (χ2v) is 10.6. The molecule has 4 rings (SSSR count). The van der Waals surface area contributed by atoms with Crippen molar-refractivity contribution in [2.75, 3.05) is 5.75 Å². The van der Waals surface area contributed by atoms with E-state index in [-0.39, 0.29) is 11.9 Å². The highest BCUT2D eigenvalue weighted by Crippen LogP contribution is 2.31. The van der Waals surface area contributed by atoms with E-state index in [1.54, 1.807) is 11.8 Å². The molecule has 0 aliphatic carbocycles. The minimum Gasteiger partial charge on any atom is -0.346 e. The van der Waals surface area contributed by atoms with Crippen LogP contribution in [0.4, 0.5) is 0 Å². The fourth-order valence-electron chi connectivity index (χ4n) is 3.63. The summed E-state index contributed by atoms with van der Waals surface area (Å²) < 4.78 is 2.01. The Morgan fingerprint density at radius 1 is 0.971 bits per heavy atom. The SMILES string of the molecule is Cc1ccccc1CSc1nnc(C(C)NC(=O)CSc2ccccc2)n1-c1cc(Cl)ccc1C. The van der Waals surface area contributed by atoms with Gasteiger partial charge in [0.15, 0.2) is 11.0 Å². The maximum Gasteiger partial charge on any atom is 0.230 e. The van der Waals surface area contributed by atoms with Crippen LogP contribution in [0.2, 0.25) is 5.02 Å². The van der Waals surface area contributed by atoms with Crippen LogP contribution in [-0.2, 0) is 10.5 Å². The van der Waals surface area contributed by atoms with Gasteiger partial charge in [-0.25, -0.2) is 0 Å². The maximum absolute atomic E-state index is 12.7. The van der Waals surface area contributed by atoms with Gasteiger partial charge >= 0.3 is 0 Å². The van der Waals surface area contributed by atoms with Gasteiger partial charge in [-0.1, -0.05) is 71.9 Å². The average Bonchev–Trinajstić information content (AvgIpc) is 3.28. The van der Waals surface area contributed by atoms with Gasteiger partial charge in [0, 0.05) is 15.7 Å². The number of carbonyl (C=O) groups excluding carboxylic acids is 1. The summed E-state index contributed by atoms with van der Waals surface area (Å²) in [4.78, 5) is 13.8. The molecule has 1 heterocycles. The maximum atomic E-state index is 12.7. The first-order chi connectivity index (χ1) is 16.9. The highest BCUT2D eigenvalue weighted by molar-refractivity contribution is 8.00. The van der Waals surface area contributed by atoms with E-state index in [1.165, 1.54) is 22.9 Å². The molecule has 8 heteroatoms. The van der Waals surface area contributed by atoms with Crippen LogP contribution in [0.15, 0.2) is 82.8 Å². The number of carbonyl (C=O) groups is 1. The normalized spacial score (nSPS) is 11.9. The summed E-state index contributed by atoms with van der Waals surface area (Å²) in [6, 6.07) is 23.7. The number of thioether (sulfide) groups is 2. The molecule has 0 bridgehead atoms. The standard InChI is InChI=1S/C27H27ClN4OS2/c1-18-9-7-8-10-21(18)16-35-27-31-30-26(32(27)24-15-22(28)14-13-19(24)2)20(3)29-25(33)17-34-23-11-5-4-6-12-23/h4-15,20H,16-17H2,1-3H3,(H,29,33). The topological polar surface area (TPSA) is 59.8 Å². The third-order valence-corrected chi connectivity index (χ3v) is 7.79. The molecule has 1 amide bonds. The van der Waals surface area contributed by atoms with Gasteiger partial charge in [0.1, 0.15) is 0 Å². The van der Waals surface area contributed by atoms with E-state index < -0.39 is 0 Å². The lowest BCUT2D eigenvalue weighted by molar-refractivity contribution is -0.119. The van der Waals surface area contributed by atoms with Crippen molar-refractivity contribution in [2.24, 2.45) is 0 Å². The summed E-state index contributed by atoms with van der Waals surface area (Å²) >= 11 is 9.49. The molecule has 0 aliphatic heterocycles. The van der Waals surface area contributed by atoms with E-state index in [2.05, 4.69) is 34.6 Å². The van der Waals surface area contributed by atoms with Gasteiger partial charge in [0.05, 0.1) is 17.5 Å².